The summed E-state index contributed by atoms with van der Waals surface area (Å²) in [5.74, 6) is 0.850. The van der Waals surface area contributed by atoms with Crippen LogP contribution >= 0.6 is 0 Å². The number of nitrogens with zero attached hydrogens (tertiary/aromatic N) is 5. The molecule has 4 rings (SSSR count). The number of carbonyl (C=O) groups excluding carboxylic acids is 2. The van der Waals surface area contributed by atoms with Crippen LogP contribution in [0.3, 0.4) is 0 Å². The molecule has 1 atom stereocenters. The summed E-state index contributed by atoms with van der Waals surface area (Å²) in [6.07, 6.45) is 3.10. The molecule has 0 radical (unpaired) electrons. The van der Waals surface area contributed by atoms with Gasteiger partial charge in [0.25, 0.3) is 0 Å². The molecule has 0 saturated carbocycles. The van der Waals surface area contributed by atoms with Gasteiger partial charge in [-0.15, -0.1) is 10.2 Å². The number of hydrogen-bond acceptors (Lipinski definition) is 4. The molecular weight excluding hydrogens is 361 g/mol. The average molecular weight is 383 g/mol. The number of fused-ring (bicyclic) bond motifs is 1. The molecule has 0 spiro atoms. The van der Waals surface area contributed by atoms with Gasteiger partial charge in [0.1, 0.15) is 17.7 Å². The van der Waals surface area contributed by atoms with Crippen LogP contribution in [-0.4, -0.2) is 55.5 Å². The molecule has 1 unspecified atom stereocenters. The zero-order valence-corrected chi connectivity index (χ0v) is 15.6. The predicted molar refractivity (Wildman–Crippen MR) is 99.6 cm³/mol. The van der Waals surface area contributed by atoms with Gasteiger partial charge in [-0.1, -0.05) is 24.8 Å². The van der Waals surface area contributed by atoms with E-state index in [1.807, 2.05) is 4.57 Å². The maximum atomic E-state index is 13.9. The summed E-state index contributed by atoms with van der Waals surface area (Å²) in [5.41, 5.74) is 0.570. The minimum absolute atomic E-state index is 0.0578. The average Bonchev–Trinajstić information content (AvgIpc) is 3.35. The van der Waals surface area contributed by atoms with Crippen molar-refractivity contribution >= 4 is 11.8 Å². The smallest absolute Gasteiger partial charge is 0.246 e. The first kappa shape index (κ1) is 18.3. The summed E-state index contributed by atoms with van der Waals surface area (Å²) in [7, 11) is 0. The first-order chi connectivity index (χ1) is 13.6. The Morgan fingerprint density at radius 3 is 2.82 bits per heavy atom. The van der Waals surface area contributed by atoms with Crippen LogP contribution < -0.4 is 0 Å². The summed E-state index contributed by atoms with van der Waals surface area (Å²) >= 11 is 0. The minimum Gasteiger partial charge on any atom is -0.332 e. The lowest BCUT2D eigenvalue weighted by Gasteiger charge is -2.32. The number of hydrogen-bond donors (Lipinski definition) is 0. The third kappa shape index (κ3) is 3.30. The zero-order valence-electron chi connectivity index (χ0n) is 15.6. The Labute approximate surface area is 162 Å². The highest BCUT2D eigenvalue weighted by Gasteiger charge is 2.37. The fraction of sp³-hybridized carbons (Fsp3) is 0.400. The fourth-order valence-corrected chi connectivity index (χ4v) is 3.96. The van der Waals surface area contributed by atoms with E-state index in [0.717, 1.165) is 6.42 Å². The molecule has 2 aliphatic rings. The van der Waals surface area contributed by atoms with Gasteiger partial charge < -0.3 is 14.4 Å². The number of rotatable bonds is 4. The topological polar surface area (TPSA) is 71.3 Å². The third-order valence-corrected chi connectivity index (χ3v) is 5.44. The molecule has 7 nitrogen and oxygen atoms in total. The molecule has 1 saturated heterocycles. The Morgan fingerprint density at radius 2 is 2.04 bits per heavy atom. The van der Waals surface area contributed by atoms with Gasteiger partial charge in [-0.3, -0.25) is 9.59 Å². The number of amides is 2. The monoisotopic (exact) mass is 383 g/mol. The van der Waals surface area contributed by atoms with Crippen LogP contribution in [0.1, 0.15) is 30.1 Å². The summed E-state index contributed by atoms with van der Waals surface area (Å²) < 4.78 is 15.9. The van der Waals surface area contributed by atoms with Crippen molar-refractivity contribution in [1.82, 2.24) is 24.6 Å². The second-order valence-electron chi connectivity index (χ2n) is 7.11. The summed E-state index contributed by atoms with van der Waals surface area (Å²) in [4.78, 5) is 28.3. The summed E-state index contributed by atoms with van der Waals surface area (Å²) in [6, 6.07) is 6.19. The Hall–Kier alpha value is -3.03. The Bertz CT molecular complexity index is 925. The van der Waals surface area contributed by atoms with E-state index in [4.69, 9.17) is 0 Å². The lowest BCUT2D eigenvalue weighted by atomic mass is 10.1. The van der Waals surface area contributed by atoms with Crippen molar-refractivity contribution in [3.05, 3.63) is 59.9 Å². The molecule has 1 aromatic heterocycles. The molecule has 146 valence electrons. The van der Waals surface area contributed by atoms with Gasteiger partial charge in [-0.2, -0.15) is 0 Å². The maximum Gasteiger partial charge on any atom is 0.246 e. The molecule has 28 heavy (non-hydrogen) atoms. The van der Waals surface area contributed by atoms with Gasteiger partial charge in [-0.25, -0.2) is 4.39 Å². The molecule has 1 aromatic carbocycles. The van der Waals surface area contributed by atoms with Crippen molar-refractivity contribution in [3.8, 4) is 0 Å². The fourth-order valence-electron chi connectivity index (χ4n) is 3.96. The second kappa shape index (κ2) is 7.53. The van der Waals surface area contributed by atoms with E-state index in [1.54, 1.807) is 28.0 Å². The van der Waals surface area contributed by atoms with E-state index < -0.39 is 6.04 Å². The minimum atomic E-state index is -0.433. The molecular formula is C20H22FN5O2. The zero-order chi connectivity index (χ0) is 19.7. The van der Waals surface area contributed by atoms with Gasteiger partial charge in [0, 0.05) is 26.1 Å². The van der Waals surface area contributed by atoms with E-state index in [-0.39, 0.29) is 17.6 Å². The van der Waals surface area contributed by atoms with Crippen LogP contribution in [-0.2, 0) is 29.1 Å². The first-order valence-electron chi connectivity index (χ1n) is 9.44. The first-order valence-corrected chi connectivity index (χ1v) is 9.44. The van der Waals surface area contributed by atoms with Crippen LogP contribution in [0, 0.1) is 5.82 Å². The predicted octanol–water partition coefficient (Wildman–Crippen LogP) is 1.53. The molecule has 1 fully saturated rings. The van der Waals surface area contributed by atoms with Gasteiger partial charge in [0.05, 0.1) is 6.54 Å². The van der Waals surface area contributed by atoms with Crippen molar-refractivity contribution in [2.45, 2.75) is 38.4 Å². The van der Waals surface area contributed by atoms with E-state index in [9.17, 15) is 14.0 Å². The van der Waals surface area contributed by atoms with Crippen molar-refractivity contribution in [2.24, 2.45) is 0 Å². The normalized spacial score (nSPS) is 18.8. The summed E-state index contributed by atoms with van der Waals surface area (Å²) in [6.45, 7) is 5.51. The van der Waals surface area contributed by atoms with E-state index in [0.29, 0.717) is 56.2 Å². The largest absolute Gasteiger partial charge is 0.332 e. The molecule has 0 aliphatic carbocycles. The van der Waals surface area contributed by atoms with Crippen LogP contribution in [0.5, 0.6) is 0 Å². The van der Waals surface area contributed by atoms with Crippen LogP contribution in [0.15, 0.2) is 36.9 Å². The lowest BCUT2D eigenvalue weighted by Crippen LogP contribution is -2.49. The Morgan fingerprint density at radius 1 is 1.21 bits per heavy atom. The molecule has 8 heteroatoms. The van der Waals surface area contributed by atoms with Crippen LogP contribution in [0.4, 0.5) is 4.39 Å². The standard InChI is InChI=1S/C20H22FN5O2/c1-2-19(27)25-9-5-8-16(25)20(28)24-10-11-26-17(22-23-18(26)13-24)12-14-6-3-4-7-15(14)21/h2-4,6-7,16H,1,5,8-13H2. The third-order valence-electron chi connectivity index (χ3n) is 5.44. The quantitative estimate of drug-likeness (QED) is 0.751. The molecule has 2 aromatic rings. The number of aromatic nitrogens is 3. The number of benzene rings is 1. The molecule has 0 bridgehead atoms. The van der Waals surface area contributed by atoms with Gasteiger partial charge in [-0.05, 0) is 30.5 Å². The number of carbonyl (C=O) groups is 2. The van der Waals surface area contributed by atoms with E-state index >= 15 is 0 Å². The van der Waals surface area contributed by atoms with Crippen molar-refractivity contribution in [2.75, 3.05) is 13.1 Å². The highest BCUT2D eigenvalue weighted by Crippen LogP contribution is 2.23. The highest BCUT2D eigenvalue weighted by atomic mass is 19.1. The van der Waals surface area contributed by atoms with Gasteiger partial charge >= 0.3 is 0 Å². The molecule has 2 aliphatic heterocycles. The highest BCUT2D eigenvalue weighted by molar-refractivity contribution is 5.93. The maximum absolute atomic E-state index is 13.9. The number of likely N-dealkylation sites (tertiary alicyclic amines) is 1. The van der Waals surface area contributed by atoms with Crippen molar-refractivity contribution < 1.29 is 14.0 Å². The Balaban J connectivity index is 1.48. The molecule has 0 N–H and O–H groups in total. The van der Waals surface area contributed by atoms with Crippen LogP contribution in [0.25, 0.3) is 0 Å². The number of halogens is 1. The summed E-state index contributed by atoms with van der Waals surface area (Å²) in [5, 5.41) is 8.42. The van der Waals surface area contributed by atoms with Crippen molar-refractivity contribution in [3.63, 3.8) is 0 Å². The van der Waals surface area contributed by atoms with E-state index in [1.165, 1.54) is 12.1 Å². The van der Waals surface area contributed by atoms with Crippen LogP contribution in [0.2, 0.25) is 0 Å². The van der Waals surface area contributed by atoms with Crippen molar-refractivity contribution in [1.29, 1.82) is 0 Å². The van der Waals surface area contributed by atoms with Gasteiger partial charge in [0.2, 0.25) is 11.8 Å². The lowest BCUT2D eigenvalue weighted by molar-refractivity contribution is -0.142. The second-order valence-corrected chi connectivity index (χ2v) is 7.11. The molecule has 2 amide bonds. The Kier molecular flexibility index (Phi) is 4.93. The molecule has 3 heterocycles. The van der Waals surface area contributed by atoms with E-state index in [2.05, 4.69) is 16.8 Å². The SMILES string of the molecule is C=CC(=O)N1CCCC1C(=O)N1CCn2c(Cc3ccccc3F)nnc2C1. The van der Waals surface area contributed by atoms with Gasteiger partial charge in [0.15, 0.2) is 5.82 Å².